The second kappa shape index (κ2) is 5.44. The van der Waals surface area contributed by atoms with E-state index >= 15 is 0 Å². The number of nitrogens with zero attached hydrogens (tertiary/aromatic N) is 2. The van der Waals surface area contributed by atoms with E-state index < -0.39 is 23.9 Å². The zero-order valence-electron chi connectivity index (χ0n) is 11.4. The minimum absolute atomic E-state index is 0.0279. The van der Waals surface area contributed by atoms with Crippen LogP contribution in [0, 0.1) is 5.82 Å². The van der Waals surface area contributed by atoms with Gasteiger partial charge >= 0.3 is 6.09 Å². The highest BCUT2D eigenvalue weighted by molar-refractivity contribution is 5.95. The Morgan fingerprint density at radius 3 is 2.82 bits per heavy atom. The van der Waals surface area contributed by atoms with E-state index in [-0.39, 0.29) is 6.54 Å². The quantitative estimate of drug-likeness (QED) is 0.935. The van der Waals surface area contributed by atoms with Gasteiger partial charge in [0.05, 0.1) is 12.2 Å². The summed E-state index contributed by atoms with van der Waals surface area (Å²) in [6, 6.07) is 7.78. The fraction of sp³-hybridized carbons (Fsp3) is 0.133. The average Bonchev–Trinajstić information content (AvgIpc) is 2.90. The van der Waals surface area contributed by atoms with Crippen molar-refractivity contribution in [2.24, 2.45) is 5.73 Å². The summed E-state index contributed by atoms with van der Waals surface area (Å²) in [6.07, 6.45) is 1.40. The molecule has 7 heteroatoms. The van der Waals surface area contributed by atoms with E-state index in [1.54, 1.807) is 36.7 Å². The Bertz CT molecular complexity index is 736. The van der Waals surface area contributed by atoms with Gasteiger partial charge in [-0.2, -0.15) is 0 Å². The van der Waals surface area contributed by atoms with Crippen molar-refractivity contribution in [3.05, 3.63) is 48.5 Å². The number of anilines is 1. The molecular formula is C15H12FN3O3. The van der Waals surface area contributed by atoms with Gasteiger partial charge in [-0.3, -0.25) is 14.7 Å². The largest absolute Gasteiger partial charge is 0.434 e. The number of cyclic esters (lactones) is 1. The number of halogens is 1. The van der Waals surface area contributed by atoms with E-state index in [9.17, 15) is 14.0 Å². The summed E-state index contributed by atoms with van der Waals surface area (Å²) >= 11 is 0. The van der Waals surface area contributed by atoms with Crippen molar-refractivity contribution in [1.82, 2.24) is 4.98 Å². The van der Waals surface area contributed by atoms with Gasteiger partial charge in [-0.15, -0.1) is 0 Å². The van der Waals surface area contributed by atoms with E-state index in [2.05, 4.69) is 4.98 Å². The monoisotopic (exact) mass is 301 g/mol. The Morgan fingerprint density at radius 2 is 2.23 bits per heavy atom. The van der Waals surface area contributed by atoms with E-state index in [0.717, 1.165) is 0 Å². The zero-order chi connectivity index (χ0) is 15.7. The van der Waals surface area contributed by atoms with Gasteiger partial charge in [0.2, 0.25) is 0 Å². The molecule has 1 aromatic carbocycles. The van der Waals surface area contributed by atoms with Crippen molar-refractivity contribution >= 4 is 17.7 Å². The van der Waals surface area contributed by atoms with Crippen molar-refractivity contribution in [3.63, 3.8) is 0 Å². The smallest absolute Gasteiger partial charge is 0.415 e. The van der Waals surface area contributed by atoms with E-state index in [0.29, 0.717) is 16.8 Å². The molecule has 6 nitrogen and oxygen atoms in total. The second-order valence-electron chi connectivity index (χ2n) is 4.79. The molecule has 0 bridgehead atoms. The molecule has 0 unspecified atom stereocenters. The maximum Gasteiger partial charge on any atom is 0.415 e. The number of primary amides is 1. The SMILES string of the molecule is NC(=O)[C@H]1CN(c2ccc(-c3cccnc3)c(F)c2)C(=O)O1. The van der Waals surface area contributed by atoms with Crippen molar-refractivity contribution in [2.45, 2.75) is 6.10 Å². The van der Waals surface area contributed by atoms with Gasteiger partial charge in [0.25, 0.3) is 5.91 Å². The number of benzene rings is 1. The first kappa shape index (κ1) is 14.0. The Morgan fingerprint density at radius 1 is 1.41 bits per heavy atom. The maximum atomic E-state index is 14.3. The molecule has 2 heterocycles. The number of carbonyl (C=O) groups is 2. The number of carbonyl (C=O) groups excluding carboxylic acids is 2. The molecule has 0 radical (unpaired) electrons. The number of rotatable bonds is 3. The lowest BCUT2D eigenvalue weighted by atomic mass is 10.1. The van der Waals surface area contributed by atoms with Crippen LogP contribution in [0.4, 0.5) is 14.9 Å². The lowest BCUT2D eigenvalue weighted by Gasteiger charge is -2.14. The predicted octanol–water partition coefficient (Wildman–Crippen LogP) is 1.70. The fourth-order valence-electron chi connectivity index (χ4n) is 2.25. The molecule has 2 amide bonds. The number of hydrogen-bond acceptors (Lipinski definition) is 4. The molecule has 1 saturated heterocycles. The van der Waals surface area contributed by atoms with Crippen LogP contribution in [0.25, 0.3) is 11.1 Å². The molecule has 2 N–H and O–H groups in total. The van der Waals surface area contributed by atoms with Gasteiger partial charge in [0.1, 0.15) is 5.82 Å². The van der Waals surface area contributed by atoms with Crippen LogP contribution in [0.5, 0.6) is 0 Å². The van der Waals surface area contributed by atoms with Crippen LogP contribution < -0.4 is 10.6 Å². The van der Waals surface area contributed by atoms with Crippen molar-refractivity contribution in [1.29, 1.82) is 0 Å². The van der Waals surface area contributed by atoms with Crippen LogP contribution in [0.3, 0.4) is 0 Å². The third-order valence-electron chi connectivity index (χ3n) is 3.37. The number of amides is 2. The van der Waals surface area contributed by atoms with Gasteiger partial charge < -0.3 is 10.5 Å². The number of nitrogens with two attached hydrogens (primary N) is 1. The summed E-state index contributed by atoms with van der Waals surface area (Å²) in [5.41, 5.74) is 6.41. The minimum atomic E-state index is -1.02. The topological polar surface area (TPSA) is 85.5 Å². The molecule has 1 atom stereocenters. The molecule has 1 aliphatic rings. The van der Waals surface area contributed by atoms with Gasteiger partial charge in [-0.1, -0.05) is 6.07 Å². The summed E-state index contributed by atoms with van der Waals surface area (Å²) in [4.78, 5) is 27.9. The Labute approximate surface area is 125 Å². The first-order chi connectivity index (χ1) is 10.6. The Balaban J connectivity index is 1.90. The highest BCUT2D eigenvalue weighted by Crippen LogP contribution is 2.28. The molecule has 1 aromatic heterocycles. The molecule has 112 valence electrons. The van der Waals surface area contributed by atoms with Crippen LogP contribution in [0.2, 0.25) is 0 Å². The Kier molecular flexibility index (Phi) is 3.46. The minimum Gasteiger partial charge on any atom is -0.434 e. The summed E-state index contributed by atoms with van der Waals surface area (Å²) < 4.78 is 19.1. The number of ether oxygens (including phenoxy) is 1. The van der Waals surface area contributed by atoms with Crippen molar-refractivity contribution < 1.29 is 18.7 Å². The fourth-order valence-corrected chi connectivity index (χ4v) is 2.25. The summed E-state index contributed by atoms with van der Waals surface area (Å²) in [6.45, 7) is -0.0279. The predicted molar refractivity (Wildman–Crippen MR) is 76.4 cm³/mol. The molecule has 22 heavy (non-hydrogen) atoms. The normalized spacial score (nSPS) is 17.4. The Hall–Kier alpha value is -2.96. The summed E-state index contributed by atoms with van der Waals surface area (Å²) in [5.74, 6) is -1.23. The molecule has 0 spiro atoms. The number of hydrogen-bond donors (Lipinski definition) is 1. The third kappa shape index (κ3) is 2.48. The number of pyridine rings is 1. The van der Waals surface area contributed by atoms with Crippen LogP contribution >= 0.6 is 0 Å². The second-order valence-corrected chi connectivity index (χ2v) is 4.79. The molecule has 2 aromatic rings. The van der Waals surface area contributed by atoms with Crippen molar-refractivity contribution in [2.75, 3.05) is 11.4 Å². The van der Waals surface area contributed by atoms with Gasteiger partial charge in [-0.05, 0) is 24.3 Å². The summed E-state index contributed by atoms with van der Waals surface area (Å²) in [5, 5.41) is 0. The zero-order valence-corrected chi connectivity index (χ0v) is 11.4. The van der Waals surface area contributed by atoms with E-state index in [4.69, 9.17) is 10.5 Å². The number of aromatic nitrogens is 1. The molecule has 1 fully saturated rings. The van der Waals surface area contributed by atoms with Gasteiger partial charge in [-0.25, -0.2) is 9.18 Å². The van der Waals surface area contributed by atoms with E-state index in [1.807, 2.05) is 0 Å². The van der Waals surface area contributed by atoms with Crippen LogP contribution in [-0.4, -0.2) is 29.6 Å². The first-order valence-corrected chi connectivity index (χ1v) is 6.53. The van der Waals surface area contributed by atoms with Crippen LogP contribution in [-0.2, 0) is 9.53 Å². The first-order valence-electron chi connectivity index (χ1n) is 6.53. The van der Waals surface area contributed by atoms with Gasteiger partial charge in [0.15, 0.2) is 6.10 Å². The maximum absolute atomic E-state index is 14.3. The highest BCUT2D eigenvalue weighted by Gasteiger charge is 2.36. The van der Waals surface area contributed by atoms with E-state index in [1.165, 1.54) is 11.0 Å². The summed E-state index contributed by atoms with van der Waals surface area (Å²) in [7, 11) is 0. The van der Waals surface area contributed by atoms with Crippen LogP contribution in [0.15, 0.2) is 42.7 Å². The standard InChI is InChI=1S/C15H12FN3O3/c16-12-6-10(19-8-13(14(17)20)22-15(19)21)3-4-11(12)9-2-1-5-18-7-9/h1-7,13H,8H2,(H2,17,20)/t13-/m1/s1. The molecule has 0 aliphatic carbocycles. The van der Waals surface area contributed by atoms with Crippen LogP contribution in [0.1, 0.15) is 0 Å². The third-order valence-corrected chi connectivity index (χ3v) is 3.37. The lowest BCUT2D eigenvalue weighted by molar-refractivity contribution is -0.124. The molecule has 3 rings (SSSR count). The van der Waals surface area contributed by atoms with Crippen molar-refractivity contribution in [3.8, 4) is 11.1 Å². The lowest BCUT2D eigenvalue weighted by Crippen LogP contribution is -2.32. The highest BCUT2D eigenvalue weighted by atomic mass is 19.1. The van der Waals surface area contributed by atoms with Gasteiger partial charge in [0, 0.05) is 23.5 Å². The molecular weight excluding hydrogens is 289 g/mol. The molecule has 0 saturated carbocycles. The molecule has 1 aliphatic heterocycles. The average molecular weight is 301 g/mol.